The second-order valence-corrected chi connectivity index (χ2v) is 11.5. The first-order chi connectivity index (χ1) is 25.0. The van der Waals surface area contributed by atoms with Gasteiger partial charge in [0.25, 0.3) is 0 Å². The molecule has 257 valence electrons. The Kier molecular flexibility index (Phi) is 13.0. The fourth-order valence-corrected chi connectivity index (χ4v) is 5.35. The number of benzene rings is 6. The molecule has 8 aromatic rings. The predicted octanol–water partition coefficient (Wildman–Crippen LogP) is 10.6. The van der Waals surface area contributed by atoms with E-state index in [1.807, 2.05) is 133 Å². The topological polar surface area (TPSA) is 88.9 Å². The third-order valence-corrected chi connectivity index (χ3v) is 7.58. The van der Waals surface area contributed by atoms with E-state index in [0.29, 0.717) is 0 Å². The van der Waals surface area contributed by atoms with Crippen molar-refractivity contribution in [2.45, 2.75) is 13.8 Å². The van der Waals surface area contributed by atoms with Crippen LogP contribution in [0.1, 0.15) is 13.8 Å². The minimum atomic E-state index is -0.125. The molecule has 0 atom stereocenters. The smallest absolute Gasteiger partial charge is 0.155 e. The van der Waals surface area contributed by atoms with Gasteiger partial charge in [0, 0.05) is 37.6 Å². The number of hydrogen-bond acceptors (Lipinski definition) is 6. The Morgan fingerprint density at radius 1 is 0.481 bits per heavy atom. The Labute approximate surface area is 317 Å². The van der Waals surface area contributed by atoms with Gasteiger partial charge in [0.2, 0.25) is 0 Å². The van der Waals surface area contributed by atoms with Crippen LogP contribution in [-0.2, 0) is 24.9 Å². The molecule has 0 spiro atoms. The van der Waals surface area contributed by atoms with Crippen LogP contribution in [-0.4, -0.2) is 30.8 Å². The van der Waals surface area contributed by atoms with Gasteiger partial charge in [-0.05, 0) is 49.2 Å². The van der Waals surface area contributed by atoms with Crippen LogP contribution in [0.5, 0.6) is 0 Å². The van der Waals surface area contributed by atoms with Crippen LogP contribution in [0, 0.1) is 12.1 Å². The maximum atomic E-state index is 10.0. The summed E-state index contributed by atoms with van der Waals surface area (Å²) in [7, 11) is 0. The van der Waals surface area contributed by atoms with Crippen molar-refractivity contribution in [2.75, 3.05) is 0 Å². The summed E-state index contributed by atoms with van der Waals surface area (Å²) < 4.78 is 0. The fourth-order valence-electron chi connectivity index (χ4n) is 5.35. The number of ketones is 1. The van der Waals surface area contributed by atoms with Gasteiger partial charge in [0.1, 0.15) is 0 Å². The second-order valence-electron chi connectivity index (χ2n) is 11.5. The molecule has 2 heterocycles. The second kappa shape index (κ2) is 18.2. The predicted molar refractivity (Wildman–Crippen MR) is 206 cm³/mol. The number of hydrogen-bond donors (Lipinski definition) is 1. The number of rotatable bonds is 5. The molecule has 0 fully saturated rings. The summed E-state index contributed by atoms with van der Waals surface area (Å²) >= 11 is 0. The van der Waals surface area contributed by atoms with Crippen molar-refractivity contribution in [3.8, 4) is 45.0 Å². The maximum absolute atomic E-state index is 10.0. The number of carbonyl (C=O) groups excluding carboxylic acids is 1. The molecule has 0 bridgehead atoms. The number of aliphatic hydroxyl groups is 1. The molecule has 6 aromatic carbocycles. The zero-order chi connectivity index (χ0) is 35.4. The average molecular weight is 855 g/mol. The third kappa shape index (κ3) is 9.55. The van der Waals surface area contributed by atoms with Crippen molar-refractivity contribution in [3.05, 3.63) is 182 Å². The molecule has 0 aliphatic heterocycles. The van der Waals surface area contributed by atoms with E-state index in [2.05, 4.69) is 36.4 Å². The van der Waals surface area contributed by atoms with Gasteiger partial charge in [0.15, 0.2) is 5.78 Å². The first-order valence-corrected chi connectivity index (χ1v) is 16.4. The van der Waals surface area contributed by atoms with Crippen LogP contribution in [0.2, 0.25) is 0 Å². The number of aliphatic hydroxyl groups excluding tert-OH is 1. The van der Waals surface area contributed by atoms with E-state index < -0.39 is 0 Å². The van der Waals surface area contributed by atoms with E-state index in [1.54, 1.807) is 0 Å². The molecule has 0 saturated carbocycles. The quantitative estimate of drug-likeness (QED) is 0.105. The SMILES string of the molecule is CC(=O)C=C(C)O.[Ir].[c-]1ccccc1-c1nc2ccccc2nc1-c1ccccc1.[c-]1ccccc1-c1nc2ccccc2nc1-c1ccccc1. The van der Waals surface area contributed by atoms with Crippen molar-refractivity contribution < 1.29 is 30.0 Å². The van der Waals surface area contributed by atoms with Crippen LogP contribution in [0.25, 0.3) is 67.1 Å². The Morgan fingerprint density at radius 3 is 1.10 bits per heavy atom. The molecule has 8 rings (SSSR count). The number of allylic oxidation sites excluding steroid dienone is 2. The van der Waals surface area contributed by atoms with E-state index in [0.717, 1.165) is 67.1 Å². The number of para-hydroxylation sites is 4. The van der Waals surface area contributed by atoms with Crippen molar-refractivity contribution in [1.82, 2.24) is 19.9 Å². The summed E-state index contributed by atoms with van der Waals surface area (Å²) in [5, 5.41) is 8.36. The molecule has 7 heteroatoms. The van der Waals surface area contributed by atoms with Gasteiger partial charge in [-0.2, -0.15) is 0 Å². The monoisotopic (exact) mass is 855 g/mol. The molecule has 0 aliphatic rings. The van der Waals surface area contributed by atoms with Gasteiger partial charge in [0.05, 0.1) is 39.2 Å². The van der Waals surface area contributed by atoms with Crippen LogP contribution in [0.15, 0.2) is 170 Å². The zero-order valence-corrected chi connectivity index (χ0v) is 31.0. The van der Waals surface area contributed by atoms with Crippen LogP contribution < -0.4 is 0 Å². The number of aromatic nitrogens is 4. The Balaban J connectivity index is 0.000000168. The number of carbonyl (C=O) groups is 1. The Hall–Kier alpha value is -6.14. The molecule has 1 N–H and O–H groups in total. The van der Waals surface area contributed by atoms with E-state index >= 15 is 0 Å². The molecule has 52 heavy (non-hydrogen) atoms. The van der Waals surface area contributed by atoms with E-state index in [-0.39, 0.29) is 31.6 Å². The van der Waals surface area contributed by atoms with Gasteiger partial charge in [-0.1, -0.05) is 84.9 Å². The van der Waals surface area contributed by atoms with Crippen LogP contribution in [0.4, 0.5) is 0 Å². The molecular formula is C45H34IrN4O2-2. The molecule has 1 radical (unpaired) electrons. The molecule has 0 amide bonds. The van der Waals surface area contributed by atoms with Crippen LogP contribution in [0.3, 0.4) is 0 Å². The summed E-state index contributed by atoms with van der Waals surface area (Å²) in [5.41, 5.74) is 11.2. The molecule has 0 unspecified atom stereocenters. The van der Waals surface area contributed by atoms with Gasteiger partial charge >= 0.3 is 0 Å². The van der Waals surface area contributed by atoms with Gasteiger partial charge in [-0.25, -0.2) is 0 Å². The minimum absolute atomic E-state index is 0. The average Bonchev–Trinajstić information content (AvgIpc) is 3.18. The van der Waals surface area contributed by atoms with Crippen molar-refractivity contribution in [1.29, 1.82) is 0 Å². The summed E-state index contributed by atoms with van der Waals surface area (Å²) in [6.07, 6.45) is 1.17. The van der Waals surface area contributed by atoms with Crippen LogP contribution >= 0.6 is 0 Å². The van der Waals surface area contributed by atoms with Gasteiger partial charge < -0.3 is 5.11 Å². The van der Waals surface area contributed by atoms with Crippen molar-refractivity contribution in [2.24, 2.45) is 0 Å². The van der Waals surface area contributed by atoms with Crippen molar-refractivity contribution >= 4 is 27.9 Å². The zero-order valence-electron chi connectivity index (χ0n) is 28.6. The first-order valence-electron chi connectivity index (χ1n) is 16.4. The first kappa shape index (κ1) is 37.1. The van der Waals surface area contributed by atoms with Crippen molar-refractivity contribution in [3.63, 3.8) is 0 Å². The molecule has 0 saturated heterocycles. The molecule has 2 aromatic heterocycles. The molecule has 0 aliphatic carbocycles. The normalized spacial score (nSPS) is 10.6. The molecule has 6 nitrogen and oxygen atoms in total. The summed E-state index contributed by atoms with van der Waals surface area (Å²) in [6, 6.07) is 58.5. The fraction of sp³-hybridized carbons (Fsp3) is 0.0444. The standard InChI is InChI=1S/2C20H13N2.C5H8O2.Ir/c2*1-3-9-15(10-4-1)19-20(16-11-5-2-6-12-16)22-18-14-8-7-13-17(18)21-19;1-4(6)3-5(2)7;/h2*1-11,13-14H;3,6H,1-2H3;/q2*-1;;. The Morgan fingerprint density at radius 2 is 0.808 bits per heavy atom. The number of fused-ring (bicyclic) bond motifs is 2. The maximum Gasteiger partial charge on any atom is 0.155 e. The summed E-state index contributed by atoms with van der Waals surface area (Å²) in [6.45, 7) is 2.85. The van der Waals surface area contributed by atoms with E-state index in [4.69, 9.17) is 25.0 Å². The van der Waals surface area contributed by atoms with E-state index in [1.165, 1.54) is 19.9 Å². The Bertz CT molecular complexity index is 2090. The van der Waals surface area contributed by atoms with E-state index in [9.17, 15) is 4.79 Å². The van der Waals surface area contributed by atoms with Gasteiger partial charge in [-0.3, -0.25) is 24.7 Å². The number of nitrogens with zero attached hydrogens (tertiary/aromatic N) is 4. The summed E-state index contributed by atoms with van der Waals surface area (Å²) in [5.74, 6) is -0.0625. The molecular weight excluding hydrogens is 821 g/mol. The summed E-state index contributed by atoms with van der Waals surface area (Å²) in [4.78, 5) is 29.4. The third-order valence-electron chi connectivity index (χ3n) is 7.58. The van der Waals surface area contributed by atoms with Gasteiger partial charge in [-0.15, -0.1) is 71.8 Å². The largest absolute Gasteiger partial charge is 0.512 e. The minimum Gasteiger partial charge on any atom is -0.512 e.